The number of ether oxygens (including phenoxy) is 2. The van der Waals surface area contributed by atoms with Crippen LogP contribution in [0, 0.1) is 5.82 Å². The van der Waals surface area contributed by atoms with E-state index >= 15 is 0 Å². The first-order valence-corrected chi connectivity index (χ1v) is 9.17. The van der Waals surface area contributed by atoms with Crippen molar-refractivity contribution in [2.24, 2.45) is 0 Å². The Morgan fingerprint density at radius 1 is 0.966 bits per heavy atom. The minimum atomic E-state index is -1.04. The monoisotopic (exact) mass is 395 g/mol. The Hall–Kier alpha value is -3.38. The zero-order chi connectivity index (χ0) is 20.6. The smallest absolute Gasteiger partial charge is 0.324 e. The topological polar surface area (TPSA) is 67.8 Å². The highest BCUT2D eigenvalue weighted by molar-refractivity contribution is 5.77. The molecule has 1 atom stereocenters. The number of carboxylic acid groups (broad SMARTS) is 1. The van der Waals surface area contributed by atoms with Gasteiger partial charge in [-0.25, -0.2) is 4.39 Å². The quantitative estimate of drug-likeness (QED) is 0.570. The fourth-order valence-electron chi connectivity index (χ4n) is 2.87. The molecule has 0 saturated heterocycles. The minimum absolute atomic E-state index is 0.144. The third-order valence-corrected chi connectivity index (χ3v) is 4.42. The molecule has 29 heavy (non-hydrogen) atoms. The molecule has 5 nitrogen and oxygen atoms in total. The van der Waals surface area contributed by atoms with E-state index in [2.05, 4.69) is 5.32 Å². The lowest BCUT2D eigenvalue weighted by Crippen LogP contribution is -2.39. The van der Waals surface area contributed by atoms with Crippen LogP contribution in [0.3, 0.4) is 0 Å². The molecule has 0 aliphatic heterocycles. The van der Waals surface area contributed by atoms with Crippen LogP contribution in [0.4, 0.5) is 4.39 Å². The van der Waals surface area contributed by atoms with E-state index in [1.54, 1.807) is 24.3 Å². The van der Waals surface area contributed by atoms with E-state index < -0.39 is 17.8 Å². The molecule has 0 amide bonds. The van der Waals surface area contributed by atoms with Crippen LogP contribution in [0.1, 0.15) is 5.56 Å². The minimum Gasteiger partial charge on any atom is -0.491 e. The van der Waals surface area contributed by atoms with Crippen LogP contribution < -0.4 is 14.8 Å². The molecule has 3 aromatic rings. The summed E-state index contributed by atoms with van der Waals surface area (Å²) in [4.78, 5) is 11.2. The highest BCUT2D eigenvalue weighted by Gasteiger charge is 2.20. The van der Waals surface area contributed by atoms with Gasteiger partial charge in [-0.1, -0.05) is 54.6 Å². The lowest BCUT2D eigenvalue weighted by molar-refractivity contribution is -0.140. The SMILES string of the molecule is CN[C@@H](COc1cccc(F)c1-c1ccccc1OCc1ccccc1)C(=O)O. The molecule has 3 rings (SSSR count). The number of likely N-dealkylation sites (N-methyl/N-ethyl adjacent to an activating group) is 1. The summed E-state index contributed by atoms with van der Waals surface area (Å²) in [6.45, 7) is 0.193. The maximum absolute atomic E-state index is 14.8. The third-order valence-electron chi connectivity index (χ3n) is 4.42. The number of hydrogen-bond donors (Lipinski definition) is 2. The number of halogens is 1. The average Bonchev–Trinajstić information content (AvgIpc) is 2.74. The summed E-state index contributed by atoms with van der Waals surface area (Å²) in [5.41, 5.74) is 1.76. The summed E-state index contributed by atoms with van der Waals surface area (Å²) in [7, 11) is 1.53. The summed E-state index contributed by atoms with van der Waals surface area (Å²) in [5, 5.41) is 11.8. The summed E-state index contributed by atoms with van der Waals surface area (Å²) in [5.74, 6) is -0.761. The van der Waals surface area contributed by atoms with E-state index in [0.29, 0.717) is 17.9 Å². The highest BCUT2D eigenvalue weighted by atomic mass is 19.1. The highest BCUT2D eigenvalue weighted by Crippen LogP contribution is 2.38. The van der Waals surface area contributed by atoms with E-state index in [1.807, 2.05) is 36.4 Å². The van der Waals surface area contributed by atoms with Crippen molar-refractivity contribution in [2.75, 3.05) is 13.7 Å². The molecule has 0 aromatic heterocycles. The lowest BCUT2D eigenvalue weighted by Gasteiger charge is -2.18. The molecule has 0 aliphatic carbocycles. The van der Waals surface area contributed by atoms with Gasteiger partial charge in [0.25, 0.3) is 0 Å². The first-order chi connectivity index (χ1) is 14.1. The van der Waals surface area contributed by atoms with E-state index in [-0.39, 0.29) is 17.9 Å². The van der Waals surface area contributed by atoms with Crippen molar-refractivity contribution >= 4 is 5.97 Å². The van der Waals surface area contributed by atoms with Crippen LogP contribution in [-0.2, 0) is 11.4 Å². The molecular weight excluding hydrogens is 373 g/mol. The largest absolute Gasteiger partial charge is 0.491 e. The van der Waals surface area contributed by atoms with Gasteiger partial charge in [0.05, 0.1) is 5.56 Å². The normalized spacial score (nSPS) is 11.7. The molecule has 0 fully saturated rings. The molecule has 0 unspecified atom stereocenters. The third kappa shape index (κ3) is 5.12. The molecule has 0 heterocycles. The second-order valence-electron chi connectivity index (χ2n) is 6.37. The van der Waals surface area contributed by atoms with Crippen molar-refractivity contribution in [2.45, 2.75) is 12.6 Å². The molecule has 0 aliphatic rings. The van der Waals surface area contributed by atoms with Gasteiger partial charge in [-0.15, -0.1) is 0 Å². The maximum atomic E-state index is 14.8. The second-order valence-corrected chi connectivity index (χ2v) is 6.37. The molecule has 0 bridgehead atoms. The molecule has 6 heteroatoms. The first kappa shape index (κ1) is 20.4. The van der Waals surface area contributed by atoms with Gasteiger partial charge in [-0.3, -0.25) is 4.79 Å². The summed E-state index contributed by atoms with van der Waals surface area (Å²) in [6.07, 6.45) is 0. The van der Waals surface area contributed by atoms with E-state index in [0.717, 1.165) is 5.56 Å². The van der Waals surface area contributed by atoms with E-state index in [1.165, 1.54) is 19.2 Å². The van der Waals surface area contributed by atoms with Gasteiger partial charge in [-0.2, -0.15) is 0 Å². The van der Waals surface area contributed by atoms with Gasteiger partial charge in [0, 0.05) is 5.56 Å². The Morgan fingerprint density at radius 2 is 1.66 bits per heavy atom. The summed E-state index contributed by atoms with van der Waals surface area (Å²) < 4.78 is 26.4. The number of rotatable bonds is 9. The Balaban J connectivity index is 1.89. The van der Waals surface area contributed by atoms with Gasteiger partial charge >= 0.3 is 5.97 Å². The fraction of sp³-hybridized carbons (Fsp3) is 0.174. The van der Waals surface area contributed by atoms with Crippen molar-refractivity contribution in [3.63, 3.8) is 0 Å². The molecule has 2 N–H and O–H groups in total. The number of aliphatic carboxylic acids is 1. The van der Waals surface area contributed by atoms with E-state index in [4.69, 9.17) is 9.47 Å². The number of nitrogens with one attached hydrogen (secondary N) is 1. The predicted octanol–water partition coefficient (Wildman–Crippen LogP) is 4.12. The molecule has 3 aromatic carbocycles. The summed E-state index contributed by atoms with van der Waals surface area (Å²) >= 11 is 0. The van der Waals surface area contributed by atoms with Gasteiger partial charge in [-0.05, 0) is 30.8 Å². The molecule has 150 valence electrons. The number of hydrogen-bond acceptors (Lipinski definition) is 4. The predicted molar refractivity (Wildman–Crippen MR) is 109 cm³/mol. The zero-order valence-corrected chi connectivity index (χ0v) is 16.0. The molecule has 0 saturated carbocycles. The number of carbonyl (C=O) groups is 1. The first-order valence-electron chi connectivity index (χ1n) is 9.17. The molecule has 0 spiro atoms. The van der Waals surface area contributed by atoms with Crippen molar-refractivity contribution in [3.8, 4) is 22.6 Å². The van der Waals surface area contributed by atoms with Crippen LogP contribution in [0.25, 0.3) is 11.1 Å². The standard InChI is InChI=1S/C23H22FNO4/c1-25-19(23(26)27)15-29-21-13-7-11-18(24)22(21)17-10-5-6-12-20(17)28-14-16-8-3-2-4-9-16/h2-13,19,25H,14-15H2,1H3,(H,26,27)/t19-/m0/s1. The van der Waals surface area contributed by atoms with Crippen molar-refractivity contribution in [1.29, 1.82) is 0 Å². The Kier molecular flexibility index (Phi) is 6.81. The van der Waals surface area contributed by atoms with Gasteiger partial charge in [0.1, 0.15) is 36.6 Å². The average molecular weight is 395 g/mol. The number of benzene rings is 3. The van der Waals surface area contributed by atoms with Crippen molar-refractivity contribution in [1.82, 2.24) is 5.32 Å². The fourth-order valence-corrected chi connectivity index (χ4v) is 2.87. The summed E-state index contributed by atoms with van der Waals surface area (Å²) in [6, 6.07) is 20.4. The lowest BCUT2D eigenvalue weighted by atomic mass is 10.0. The van der Waals surface area contributed by atoms with Crippen molar-refractivity contribution < 1.29 is 23.8 Å². The van der Waals surface area contributed by atoms with Crippen LogP contribution in [-0.4, -0.2) is 30.8 Å². The Labute approximate surface area is 168 Å². The zero-order valence-electron chi connectivity index (χ0n) is 16.0. The second kappa shape index (κ2) is 9.71. The van der Waals surface area contributed by atoms with Crippen LogP contribution in [0.15, 0.2) is 72.8 Å². The van der Waals surface area contributed by atoms with E-state index in [9.17, 15) is 14.3 Å². The van der Waals surface area contributed by atoms with Crippen LogP contribution >= 0.6 is 0 Å². The number of para-hydroxylation sites is 1. The van der Waals surface area contributed by atoms with Gasteiger partial charge < -0.3 is 19.9 Å². The Bertz CT molecular complexity index is 962. The van der Waals surface area contributed by atoms with Crippen molar-refractivity contribution in [3.05, 3.63) is 84.2 Å². The van der Waals surface area contributed by atoms with Gasteiger partial charge in [0.15, 0.2) is 0 Å². The molecule has 0 radical (unpaired) electrons. The Morgan fingerprint density at radius 3 is 2.38 bits per heavy atom. The van der Waals surface area contributed by atoms with Crippen LogP contribution in [0.2, 0.25) is 0 Å². The number of carboxylic acids is 1. The molecular formula is C23H22FNO4. The van der Waals surface area contributed by atoms with Crippen LogP contribution in [0.5, 0.6) is 11.5 Å². The maximum Gasteiger partial charge on any atom is 0.324 e. The van der Waals surface area contributed by atoms with Gasteiger partial charge in [0.2, 0.25) is 0 Å².